The standard InChI is InChI=1S/C11H19B2O7PS/c1-17-4-8-9(3-11(13)20-8)22-21(15,16)18-5-7-6(14)2-10(12)19-7/h6-11,14H,2-5H2,1H3,(H,15,16)/t6?,7-,8-,9?,10-,11-/m1/s1. The van der Waals surface area contributed by atoms with E-state index in [4.69, 9.17) is 34.4 Å². The Balaban J connectivity index is 1.83. The van der Waals surface area contributed by atoms with Crippen LogP contribution in [0.1, 0.15) is 12.8 Å². The molecule has 7 nitrogen and oxygen atoms in total. The molecule has 2 saturated heterocycles. The van der Waals surface area contributed by atoms with Gasteiger partial charge in [0.05, 0.1) is 25.4 Å². The lowest BCUT2D eigenvalue weighted by atomic mass is 9.96. The van der Waals surface area contributed by atoms with Gasteiger partial charge in [0.15, 0.2) is 0 Å². The van der Waals surface area contributed by atoms with Crippen molar-refractivity contribution in [1.82, 2.24) is 0 Å². The maximum Gasteiger partial charge on any atom is 0.387 e. The monoisotopic (exact) mass is 348 g/mol. The molecule has 0 aliphatic carbocycles. The van der Waals surface area contributed by atoms with E-state index in [-0.39, 0.29) is 31.0 Å². The first-order valence-corrected chi connectivity index (χ1v) is 10.0. The highest BCUT2D eigenvalue weighted by Gasteiger charge is 2.40. The number of methoxy groups -OCH3 is 1. The first-order valence-electron chi connectivity index (χ1n) is 6.95. The summed E-state index contributed by atoms with van der Waals surface area (Å²) in [4.78, 5) is 9.95. The van der Waals surface area contributed by atoms with E-state index < -0.39 is 31.0 Å². The Morgan fingerprint density at radius 2 is 1.86 bits per heavy atom. The van der Waals surface area contributed by atoms with Crippen LogP contribution < -0.4 is 0 Å². The Kier molecular flexibility index (Phi) is 6.86. The average molecular weight is 348 g/mol. The Hall–Kier alpha value is 0.470. The molecule has 2 aliphatic rings. The minimum Gasteiger partial charge on any atom is -0.390 e. The van der Waals surface area contributed by atoms with Crippen LogP contribution in [0.3, 0.4) is 0 Å². The predicted molar refractivity (Wildman–Crippen MR) is 83.1 cm³/mol. The fourth-order valence-corrected chi connectivity index (χ4v) is 5.80. The molecule has 4 radical (unpaired) electrons. The summed E-state index contributed by atoms with van der Waals surface area (Å²) in [6, 6.07) is -1.07. The van der Waals surface area contributed by atoms with Crippen molar-refractivity contribution in [2.75, 3.05) is 20.3 Å². The van der Waals surface area contributed by atoms with Gasteiger partial charge in [-0.05, 0) is 24.2 Å². The summed E-state index contributed by atoms with van der Waals surface area (Å²) >= 11 is 0.782. The lowest BCUT2D eigenvalue weighted by Gasteiger charge is -2.21. The third kappa shape index (κ3) is 5.24. The molecule has 0 amide bonds. The van der Waals surface area contributed by atoms with Crippen LogP contribution >= 0.6 is 18.2 Å². The van der Waals surface area contributed by atoms with Crippen molar-refractivity contribution in [2.24, 2.45) is 0 Å². The molecular weight excluding hydrogens is 329 g/mol. The fraction of sp³-hybridized carbons (Fsp3) is 1.00. The van der Waals surface area contributed by atoms with E-state index in [1.54, 1.807) is 0 Å². The van der Waals surface area contributed by atoms with Gasteiger partial charge < -0.3 is 24.2 Å². The van der Waals surface area contributed by atoms with Gasteiger partial charge in [-0.2, -0.15) is 0 Å². The smallest absolute Gasteiger partial charge is 0.387 e. The predicted octanol–water partition coefficient (Wildman–Crippen LogP) is -0.221. The maximum atomic E-state index is 12.2. The molecule has 0 saturated carbocycles. The van der Waals surface area contributed by atoms with Gasteiger partial charge in [0.25, 0.3) is 0 Å². The number of rotatable bonds is 7. The van der Waals surface area contributed by atoms with Crippen LogP contribution in [-0.2, 0) is 23.3 Å². The van der Waals surface area contributed by atoms with Gasteiger partial charge in [-0.1, -0.05) is 0 Å². The highest BCUT2D eigenvalue weighted by atomic mass is 32.7. The molecule has 2 rings (SSSR count). The molecule has 2 N–H and O–H groups in total. The molecule has 0 aromatic rings. The van der Waals surface area contributed by atoms with Crippen molar-refractivity contribution >= 4 is 33.9 Å². The summed E-state index contributed by atoms with van der Waals surface area (Å²) in [6.45, 7) is -3.86. The molecule has 2 fully saturated rings. The Morgan fingerprint density at radius 1 is 1.23 bits per heavy atom. The largest absolute Gasteiger partial charge is 0.390 e. The fourth-order valence-electron chi connectivity index (χ4n) is 2.45. The molecule has 0 spiro atoms. The number of ether oxygens (including phenoxy) is 3. The van der Waals surface area contributed by atoms with Crippen molar-refractivity contribution in [2.45, 2.75) is 48.4 Å². The average Bonchev–Trinajstić information content (AvgIpc) is 2.90. The lowest BCUT2D eigenvalue weighted by molar-refractivity contribution is 0.00146. The van der Waals surface area contributed by atoms with Crippen molar-refractivity contribution in [3.8, 4) is 0 Å². The van der Waals surface area contributed by atoms with E-state index in [0.29, 0.717) is 6.42 Å². The van der Waals surface area contributed by atoms with Gasteiger partial charge in [-0.3, -0.25) is 4.52 Å². The van der Waals surface area contributed by atoms with E-state index in [1.807, 2.05) is 0 Å². The number of hydrogen-bond acceptors (Lipinski definition) is 7. The molecule has 22 heavy (non-hydrogen) atoms. The van der Waals surface area contributed by atoms with Crippen LogP contribution in [0.4, 0.5) is 0 Å². The van der Waals surface area contributed by atoms with E-state index >= 15 is 0 Å². The Bertz CT molecular complexity index is 418. The van der Waals surface area contributed by atoms with Crippen LogP contribution in [0, 0.1) is 0 Å². The molecule has 2 aliphatic heterocycles. The van der Waals surface area contributed by atoms with Crippen LogP contribution in [0.15, 0.2) is 0 Å². The van der Waals surface area contributed by atoms with Crippen LogP contribution in [0.2, 0.25) is 0 Å². The number of aliphatic hydroxyl groups excluding tert-OH is 1. The lowest BCUT2D eigenvalue weighted by Crippen LogP contribution is -2.26. The molecule has 2 heterocycles. The first kappa shape index (κ1) is 18.8. The maximum absolute atomic E-state index is 12.2. The second-order valence-electron chi connectivity index (χ2n) is 5.33. The quantitative estimate of drug-likeness (QED) is 0.482. The van der Waals surface area contributed by atoms with Gasteiger partial charge in [0.1, 0.15) is 21.8 Å². The van der Waals surface area contributed by atoms with Gasteiger partial charge >= 0.3 is 6.80 Å². The number of hydrogen-bond donors (Lipinski definition) is 2. The molecule has 3 unspecified atom stereocenters. The molecule has 122 valence electrons. The van der Waals surface area contributed by atoms with Crippen LogP contribution in [0.5, 0.6) is 0 Å². The van der Waals surface area contributed by atoms with Crippen LogP contribution in [-0.4, -0.2) is 81.6 Å². The summed E-state index contributed by atoms with van der Waals surface area (Å²) in [6.07, 6.45) is -1.16. The minimum atomic E-state index is -3.93. The molecule has 7 atom stereocenters. The zero-order chi connectivity index (χ0) is 16.3. The van der Waals surface area contributed by atoms with Crippen molar-refractivity contribution in [3.05, 3.63) is 0 Å². The van der Waals surface area contributed by atoms with Crippen molar-refractivity contribution in [3.63, 3.8) is 0 Å². The van der Waals surface area contributed by atoms with Gasteiger partial charge in [-0.15, -0.1) is 0 Å². The van der Waals surface area contributed by atoms with E-state index in [0.717, 1.165) is 11.4 Å². The molecule has 11 heteroatoms. The summed E-state index contributed by atoms with van der Waals surface area (Å²) in [5.41, 5.74) is 0. The summed E-state index contributed by atoms with van der Waals surface area (Å²) in [5.74, 6) is 0. The van der Waals surface area contributed by atoms with E-state index in [9.17, 15) is 14.6 Å². The zero-order valence-electron chi connectivity index (χ0n) is 12.2. The van der Waals surface area contributed by atoms with Gasteiger partial charge in [-0.25, -0.2) is 4.57 Å². The highest BCUT2D eigenvalue weighted by molar-refractivity contribution is 8.55. The summed E-state index contributed by atoms with van der Waals surface area (Å²) < 4.78 is 32.9. The third-order valence-electron chi connectivity index (χ3n) is 3.48. The first-order chi connectivity index (χ1) is 10.3. The summed E-state index contributed by atoms with van der Waals surface area (Å²) in [7, 11) is 12.8. The van der Waals surface area contributed by atoms with Crippen LogP contribution in [0.25, 0.3) is 0 Å². The SMILES string of the molecule is [B][C@H]1CC(O)[C@@H](COP(=O)(O)SC2C[C@H]([B])O[C@@H]2COC)O1. The topological polar surface area (TPSA) is 94.5 Å². The second-order valence-corrected chi connectivity index (χ2v) is 9.36. The normalized spacial score (nSPS) is 41.6. The van der Waals surface area contributed by atoms with Crippen molar-refractivity contribution in [1.29, 1.82) is 0 Å². The van der Waals surface area contributed by atoms with Gasteiger partial charge in [0, 0.05) is 24.4 Å². The molecule has 0 bridgehead atoms. The molecule has 0 aromatic heterocycles. The Morgan fingerprint density at radius 3 is 2.45 bits per heavy atom. The molecular formula is C11H19B2O7PS. The van der Waals surface area contributed by atoms with Crippen molar-refractivity contribution < 1.29 is 33.3 Å². The number of aliphatic hydroxyl groups is 1. The van der Waals surface area contributed by atoms with E-state index in [2.05, 4.69) is 0 Å². The second kappa shape index (κ2) is 8.03. The highest BCUT2D eigenvalue weighted by Crippen LogP contribution is 2.60. The third-order valence-corrected chi connectivity index (χ3v) is 6.92. The summed E-state index contributed by atoms with van der Waals surface area (Å²) in [5, 5.41) is 9.37. The Labute approximate surface area is 136 Å². The van der Waals surface area contributed by atoms with Gasteiger partial charge in [0.2, 0.25) is 0 Å². The van der Waals surface area contributed by atoms with E-state index in [1.165, 1.54) is 7.11 Å². The minimum absolute atomic E-state index is 0.204. The zero-order valence-corrected chi connectivity index (χ0v) is 13.9. The molecule has 0 aromatic carbocycles.